The SMILES string of the molecule is Cc1cccc(CO[C@H]2CCCN(C(=O)C3CC3)C2)c1. The topological polar surface area (TPSA) is 29.5 Å². The van der Waals surface area contributed by atoms with Crippen molar-refractivity contribution in [1.29, 1.82) is 0 Å². The van der Waals surface area contributed by atoms with E-state index in [1.807, 2.05) is 4.90 Å². The summed E-state index contributed by atoms with van der Waals surface area (Å²) in [5.41, 5.74) is 2.48. The van der Waals surface area contributed by atoms with Crippen LogP contribution in [-0.4, -0.2) is 30.0 Å². The van der Waals surface area contributed by atoms with Gasteiger partial charge in [0.2, 0.25) is 5.91 Å². The Hall–Kier alpha value is -1.35. The summed E-state index contributed by atoms with van der Waals surface area (Å²) in [5, 5.41) is 0. The van der Waals surface area contributed by atoms with Crippen LogP contribution in [-0.2, 0) is 16.1 Å². The Kier molecular flexibility index (Phi) is 4.06. The number of likely N-dealkylation sites (tertiary alicyclic amines) is 1. The molecule has 0 bridgehead atoms. The lowest BCUT2D eigenvalue weighted by Crippen LogP contribution is -2.43. The van der Waals surface area contributed by atoms with Crippen LogP contribution in [0.1, 0.15) is 36.8 Å². The molecule has 1 aliphatic heterocycles. The summed E-state index contributed by atoms with van der Waals surface area (Å²) in [6.07, 6.45) is 4.51. The van der Waals surface area contributed by atoms with Crippen molar-refractivity contribution in [1.82, 2.24) is 4.90 Å². The van der Waals surface area contributed by atoms with Crippen LogP contribution in [0, 0.1) is 12.8 Å². The average Bonchev–Trinajstić information content (AvgIpc) is 3.29. The molecular weight excluding hydrogens is 250 g/mol. The van der Waals surface area contributed by atoms with Crippen molar-refractivity contribution >= 4 is 5.91 Å². The highest BCUT2D eigenvalue weighted by Gasteiger charge is 2.35. The molecule has 1 aliphatic carbocycles. The summed E-state index contributed by atoms with van der Waals surface area (Å²) < 4.78 is 6.01. The largest absolute Gasteiger partial charge is 0.372 e. The summed E-state index contributed by atoms with van der Waals surface area (Å²) in [7, 11) is 0. The van der Waals surface area contributed by atoms with Crippen LogP contribution in [0.5, 0.6) is 0 Å². The van der Waals surface area contributed by atoms with E-state index in [1.54, 1.807) is 0 Å². The van der Waals surface area contributed by atoms with Gasteiger partial charge in [0.05, 0.1) is 12.7 Å². The van der Waals surface area contributed by atoms with Crippen molar-refractivity contribution in [3.8, 4) is 0 Å². The molecule has 2 fully saturated rings. The van der Waals surface area contributed by atoms with Gasteiger partial charge in [0, 0.05) is 19.0 Å². The van der Waals surface area contributed by atoms with Gasteiger partial charge < -0.3 is 9.64 Å². The van der Waals surface area contributed by atoms with Gasteiger partial charge >= 0.3 is 0 Å². The maximum atomic E-state index is 12.1. The van der Waals surface area contributed by atoms with Crippen molar-refractivity contribution in [2.45, 2.75) is 45.3 Å². The quantitative estimate of drug-likeness (QED) is 0.844. The zero-order chi connectivity index (χ0) is 13.9. The first-order valence-electron chi connectivity index (χ1n) is 7.68. The second-order valence-corrected chi connectivity index (χ2v) is 6.12. The Morgan fingerprint density at radius 3 is 2.95 bits per heavy atom. The molecule has 0 radical (unpaired) electrons. The van der Waals surface area contributed by atoms with Gasteiger partial charge in [-0.3, -0.25) is 4.79 Å². The van der Waals surface area contributed by atoms with Crippen LogP contribution in [0.2, 0.25) is 0 Å². The van der Waals surface area contributed by atoms with E-state index >= 15 is 0 Å². The molecule has 3 heteroatoms. The fraction of sp³-hybridized carbons (Fsp3) is 0.588. The Morgan fingerprint density at radius 2 is 2.20 bits per heavy atom. The Bertz CT molecular complexity index is 482. The minimum atomic E-state index is 0.201. The van der Waals surface area contributed by atoms with E-state index in [4.69, 9.17) is 4.74 Å². The highest BCUT2D eigenvalue weighted by molar-refractivity contribution is 5.81. The minimum Gasteiger partial charge on any atom is -0.372 e. The molecule has 3 nitrogen and oxygen atoms in total. The van der Waals surface area contributed by atoms with Gasteiger partial charge in [-0.2, -0.15) is 0 Å². The van der Waals surface area contributed by atoms with Crippen LogP contribution < -0.4 is 0 Å². The average molecular weight is 273 g/mol. The van der Waals surface area contributed by atoms with E-state index in [9.17, 15) is 4.79 Å². The van der Waals surface area contributed by atoms with E-state index < -0.39 is 0 Å². The van der Waals surface area contributed by atoms with Crippen LogP contribution >= 0.6 is 0 Å². The molecule has 20 heavy (non-hydrogen) atoms. The van der Waals surface area contributed by atoms with Gasteiger partial charge in [-0.1, -0.05) is 29.8 Å². The van der Waals surface area contributed by atoms with Gasteiger partial charge in [-0.15, -0.1) is 0 Å². The maximum absolute atomic E-state index is 12.1. The number of carbonyl (C=O) groups excluding carboxylic acids is 1. The normalized spacial score (nSPS) is 22.9. The number of nitrogens with zero attached hydrogens (tertiary/aromatic N) is 1. The molecule has 1 saturated heterocycles. The third kappa shape index (κ3) is 3.40. The first kappa shape index (κ1) is 13.6. The predicted molar refractivity (Wildman–Crippen MR) is 78.3 cm³/mol. The van der Waals surface area contributed by atoms with Gasteiger partial charge in [0.1, 0.15) is 0 Å². The van der Waals surface area contributed by atoms with Crippen molar-refractivity contribution in [3.05, 3.63) is 35.4 Å². The van der Waals surface area contributed by atoms with E-state index in [0.29, 0.717) is 18.4 Å². The molecule has 1 aromatic rings. The molecule has 1 amide bonds. The summed E-state index contributed by atoms with van der Waals surface area (Å²) in [6.45, 7) is 4.44. The van der Waals surface area contributed by atoms with Gasteiger partial charge in [-0.25, -0.2) is 0 Å². The highest BCUT2D eigenvalue weighted by atomic mass is 16.5. The maximum Gasteiger partial charge on any atom is 0.225 e. The molecular formula is C17H23NO2. The van der Waals surface area contributed by atoms with Crippen LogP contribution in [0.3, 0.4) is 0 Å². The zero-order valence-electron chi connectivity index (χ0n) is 12.2. The summed E-state index contributed by atoms with van der Waals surface area (Å²) >= 11 is 0. The van der Waals surface area contributed by atoms with Crippen molar-refractivity contribution in [2.24, 2.45) is 5.92 Å². The second kappa shape index (κ2) is 5.96. The van der Waals surface area contributed by atoms with Crippen molar-refractivity contribution in [2.75, 3.05) is 13.1 Å². The van der Waals surface area contributed by atoms with Crippen molar-refractivity contribution in [3.63, 3.8) is 0 Å². The van der Waals surface area contributed by atoms with E-state index in [2.05, 4.69) is 31.2 Å². The third-order valence-corrected chi connectivity index (χ3v) is 4.18. The minimum absolute atomic E-state index is 0.201. The lowest BCUT2D eigenvalue weighted by atomic mass is 10.1. The fourth-order valence-electron chi connectivity index (χ4n) is 2.88. The van der Waals surface area contributed by atoms with Crippen LogP contribution in [0.15, 0.2) is 24.3 Å². The Balaban J connectivity index is 1.51. The molecule has 3 rings (SSSR count). The predicted octanol–water partition coefficient (Wildman–Crippen LogP) is 2.91. The lowest BCUT2D eigenvalue weighted by molar-refractivity contribution is -0.137. The van der Waals surface area contributed by atoms with Crippen LogP contribution in [0.4, 0.5) is 0 Å². The van der Waals surface area contributed by atoms with Crippen LogP contribution in [0.25, 0.3) is 0 Å². The molecule has 2 aliphatic rings. The standard InChI is InChI=1S/C17H23NO2/c1-13-4-2-5-14(10-13)12-20-16-6-3-9-18(11-16)17(19)15-7-8-15/h2,4-5,10,15-16H,3,6-9,11-12H2,1H3/t16-/m0/s1. The Labute approximate surface area is 120 Å². The number of benzene rings is 1. The highest BCUT2D eigenvalue weighted by Crippen LogP contribution is 2.32. The third-order valence-electron chi connectivity index (χ3n) is 4.18. The molecule has 1 atom stereocenters. The summed E-state index contributed by atoms with van der Waals surface area (Å²) in [4.78, 5) is 14.1. The van der Waals surface area contributed by atoms with Gasteiger partial charge in [-0.05, 0) is 38.2 Å². The second-order valence-electron chi connectivity index (χ2n) is 6.12. The molecule has 1 saturated carbocycles. The monoisotopic (exact) mass is 273 g/mol. The molecule has 0 unspecified atom stereocenters. The number of amides is 1. The Morgan fingerprint density at radius 1 is 1.35 bits per heavy atom. The van der Waals surface area contributed by atoms with E-state index in [0.717, 1.165) is 38.8 Å². The molecule has 0 N–H and O–H groups in total. The smallest absolute Gasteiger partial charge is 0.225 e. The summed E-state index contributed by atoms with van der Waals surface area (Å²) in [5.74, 6) is 0.680. The van der Waals surface area contributed by atoms with E-state index in [-0.39, 0.29) is 6.10 Å². The number of piperidine rings is 1. The number of rotatable bonds is 4. The van der Waals surface area contributed by atoms with Gasteiger partial charge in [0.25, 0.3) is 0 Å². The number of carbonyl (C=O) groups is 1. The molecule has 0 spiro atoms. The first-order chi connectivity index (χ1) is 9.72. The number of aryl methyl sites for hydroxylation is 1. The summed E-state index contributed by atoms with van der Waals surface area (Å²) in [6, 6.07) is 8.43. The zero-order valence-corrected chi connectivity index (χ0v) is 12.2. The number of hydrogen-bond acceptors (Lipinski definition) is 2. The van der Waals surface area contributed by atoms with Crippen molar-refractivity contribution < 1.29 is 9.53 Å². The lowest BCUT2D eigenvalue weighted by Gasteiger charge is -2.33. The fourth-order valence-corrected chi connectivity index (χ4v) is 2.88. The number of ether oxygens (including phenoxy) is 1. The molecule has 108 valence electrons. The molecule has 1 aromatic carbocycles. The van der Waals surface area contributed by atoms with Gasteiger partial charge in [0.15, 0.2) is 0 Å². The van der Waals surface area contributed by atoms with E-state index in [1.165, 1.54) is 11.1 Å². The molecule has 1 heterocycles. The number of hydrogen-bond donors (Lipinski definition) is 0. The molecule has 0 aromatic heterocycles. The first-order valence-corrected chi connectivity index (χ1v) is 7.68.